The minimum absolute atomic E-state index is 0.467. The van der Waals surface area contributed by atoms with E-state index in [9.17, 15) is 8.42 Å². The summed E-state index contributed by atoms with van der Waals surface area (Å²) < 4.78 is 35.5. The number of benzene rings is 1. The first-order valence-corrected chi connectivity index (χ1v) is 11.3. The number of hydrogen-bond acceptors (Lipinski definition) is 5. The molecule has 1 aromatic rings. The van der Waals surface area contributed by atoms with Gasteiger partial charge >= 0.3 is 0 Å². The van der Waals surface area contributed by atoms with Crippen LogP contribution in [-0.4, -0.2) is 77.3 Å². The molecule has 8 nitrogen and oxygen atoms in total. The number of rotatable bonds is 11. The summed E-state index contributed by atoms with van der Waals surface area (Å²) in [5.74, 6) is 2.27. The molecular formula is C19H34N4O4S. The normalized spacial score (nSPS) is 12.2. The molecule has 1 N–H and O–H groups in total. The third kappa shape index (κ3) is 7.55. The third-order valence-corrected chi connectivity index (χ3v) is 5.63. The van der Waals surface area contributed by atoms with E-state index in [1.807, 2.05) is 44.0 Å². The molecule has 0 heterocycles. The van der Waals surface area contributed by atoms with Gasteiger partial charge in [-0.15, -0.1) is 0 Å². The minimum Gasteiger partial charge on any atom is -0.497 e. The van der Waals surface area contributed by atoms with Crippen LogP contribution in [0.5, 0.6) is 11.5 Å². The van der Waals surface area contributed by atoms with Crippen molar-refractivity contribution in [3.05, 3.63) is 23.8 Å². The predicted octanol–water partition coefficient (Wildman–Crippen LogP) is 1.77. The highest BCUT2D eigenvalue weighted by Gasteiger charge is 2.14. The quantitative estimate of drug-likeness (QED) is 0.338. The van der Waals surface area contributed by atoms with Gasteiger partial charge in [0.1, 0.15) is 11.5 Å². The minimum atomic E-state index is -3.16. The van der Waals surface area contributed by atoms with E-state index < -0.39 is 10.0 Å². The van der Waals surface area contributed by atoms with Crippen LogP contribution in [0.3, 0.4) is 0 Å². The van der Waals surface area contributed by atoms with Gasteiger partial charge in [-0.2, -0.15) is 0 Å². The van der Waals surface area contributed by atoms with Crippen molar-refractivity contribution in [3.63, 3.8) is 0 Å². The van der Waals surface area contributed by atoms with Gasteiger partial charge < -0.3 is 19.7 Å². The number of ether oxygens (including phenoxy) is 2. The van der Waals surface area contributed by atoms with Crippen LogP contribution in [0.15, 0.2) is 23.2 Å². The molecule has 160 valence electrons. The molecule has 0 amide bonds. The molecule has 1 rings (SSSR count). The largest absolute Gasteiger partial charge is 0.497 e. The lowest BCUT2D eigenvalue weighted by Gasteiger charge is -2.23. The van der Waals surface area contributed by atoms with Crippen molar-refractivity contribution < 1.29 is 17.9 Å². The number of nitrogens with zero attached hydrogens (tertiary/aromatic N) is 3. The van der Waals surface area contributed by atoms with E-state index in [0.717, 1.165) is 29.6 Å². The maximum atomic E-state index is 11.7. The average molecular weight is 415 g/mol. The number of guanidine groups is 1. The molecule has 0 radical (unpaired) electrons. The van der Waals surface area contributed by atoms with Crippen LogP contribution in [0.1, 0.15) is 25.8 Å². The Bertz CT molecular complexity index is 737. The Morgan fingerprint density at radius 2 is 1.93 bits per heavy atom. The second-order valence-electron chi connectivity index (χ2n) is 6.38. The molecule has 0 saturated heterocycles. The molecule has 0 aliphatic rings. The van der Waals surface area contributed by atoms with Gasteiger partial charge in [0.05, 0.1) is 20.5 Å². The molecule has 0 aromatic heterocycles. The Morgan fingerprint density at radius 1 is 1.21 bits per heavy atom. The maximum Gasteiger partial charge on any atom is 0.211 e. The summed E-state index contributed by atoms with van der Waals surface area (Å²) in [6.07, 6.45) is 1.90. The Kier molecular flexibility index (Phi) is 10.1. The van der Waals surface area contributed by atoms with Crippen LogP contribution in [-0.2, 0) is 16.6 Å². The lowest BCUT2D eigenvalue weighted by atomic mass is 10.2. The van der Waals surface area contributed by atoms with Crippen LogP contribution in [0.4, 0.5) is 0 Å². The molecule has 0 spiro atoms. The zero-order valence-electron chi connectivity index (χ0n) is 17.9. The molecule has 0 bridgehead atoms. The summed E-state index contributed by atoms with van der Waals surface area (Å²) in [7, 11) is 2.06. The Hall–Kier alpha value is -2.00. The van der Waals surface area contributed by atoms with Gasteiger partial charge in [-0.25, -0.2) is 12.7 Å². The van der Waals surface area contributed by atoms with E-state index in [1.54, 1.807) is 14.2 Å². The van der Waals surface area contributed by atoms with Crippen molar-refractivity contribution in [1.82, 2.24) is 14.5 Å². The van der Waals surface area contributed by atoms with Crippen LogP contribution in [0.2, 0.25) is 0 Å². The van der Waals surface area contributed by atoms with Gasteiger partial charge in [0.15, 0.2) is 5.96 Å². The highest BCUT2D eigenvalue weighted by atomic mass is 32.2. The molecule has 0 aliphatic heterocycles. The fraction of sp³-hybridized carbons (Fsp3) is 0.632. The lowest BCUT2D eigenvalue weighted by Crippen LogP contribution is -2.38. The van der Waals surface area contributed by atoms with Crippen molar-refractivity contribution in [2.45, 2.75) is 26.8 Å². The molecule has 0 fully saturated rings. The Balaban J connectivity index is 2.78. The smallest absolute Gasteiger partial charge is 0.211 e. The SMILES string of the molecule is CCNC(=NCCCN(CC)S(C)(=O)=O)N(C)Cc1ccc(OC)cc1OC. The number of hydrogen-bond donors (Lipinski definition) is 1. The van der Waals surface area contributed by atoms with E-state index in [0.29, 0.717) is 32.6 Å². The number of sulfonamides is 1. The molecular weight excluding hydrogens is 380 g/mol. The molecule has 0 atom stereocenters. The van der Waals surface area contributed by atoms with Crippen molar-refractivity contribution in [1.29, 1.82) is 0 Å². The van der Waals surface area contributed by atoms with Crippen LogP contribution in [0, 0.1) is 0 Å². The molecule has 0 saturated carbocycles. The first-order chi connectivity index (χ1) is 13.3. The Morgan fingerprint density at radius 3 is 2.46 bits per heavy atom. The zero-order valence-corrected chi connectivity index (χ0v) is 18.7. The van der Waals surface area contributed by atoms with Crippen molar-refractivity contribution >= 4 is 16.0 Å². The second-order valence-corrected chi connectivity index (χ2v) is 8.36. The summed E-state index contributed by atoms with van der Waals surface area (Å²) in [6.45, 7) is 6.69. The van der Waals surface area contributed by atoms with Crippen LogP contribution >= 0.6 is 0 Å². The van der Waals surface area contributed by atoms with Crippen molar-refractivity contribution in [3.8, 4) is 11.5 Å². The van der Waals surface area contributed by atoms with Gasteiger partial charge in [0, 0.05) is 51.4 Å². The monoisotopic (exact) mass is 414 g/mol. The van der Waals surface area contributed by atoms with E-state index in [2.05, 4.69) is 10.3 Å². The summed E-state index contributed by atoms with van der Waals surface area (Å²) in [5, 5.41) is 3.27. The van der Waals surface area contributed by atoms with Gasteiger partial charge in [-0.1, -0.05) is 6.92 Å². The zero-order chi connectivity index (χ0) is 21.2. The maximum absolute atomic E-state index is 11.7. The van der Waals surface area contributed by atoms with Gasteiger partial charge in [-0.05, 0) is 25.5 Å². The fourth-order valence-electron chi connectivity index (χ4n) is 2.77. The van der Waals surface area contributed by atoms with Crippen LogP contribution < -0.4 is 14.8 Å². The third-order valence-electron chi connectivity index (χ3n) is 4.25. The first kappa shape index (κ1) is 24.0. The van der Waals surface area contributed by atoms with E-state index in [-0.39, 0.29) is 0 Å². The molecule has 0 aliphatic carbocycles. The van der Waals surface area contributed by atoms with E-state index >= 15 is 0 Å². The van der Waals surface area contributed by atoms with E-state index in [1.165, 1.54) is 10.6 Å². The molecule has 1 aromatic carbocycles. The topological polar surface area (TPSA) is 83.5 Å². The van der Waals surface area contributed by atoms with Gasteiger partial charge in [0.25, 0.3) is 0 Å². The summed E-state index contributed by atoms with van der Waals surface area (Å²) in [6, 6.07) is 5.74. The number of aliphatic imine (C=N–C) groups is 1. The Labute approximate surface area is 169 Å². The molecule has 28 heavy (non-hydrogen) atoms. The summed E-state index contributed by atoms with van der Waals surface area (Å²) in [4.78, 5) is 6.65. The molecule has 9 heteroatoms. The molecule has 0 unspecified atom stereocenters. The fourth-order valence-corrected chi connectivity index (χ4v) is 3.70. The van der Waals surface area contributed by atoms with E-state index in [4.69, 9.17) is 9.47 Å². The average Bonchev–Trinajstić information content (AvgIpc) is 2.66. The van der Waals surface area contributed by atoms with Crippen molar-refractivity contribution in [2.24, 2.45) is 4.99 Å². The lowest BCUT2D eigenvalue weighted by molar-refractivity contribution is 0.382. The standard InChI is InChI=1S/C19H34N4O4S/c1-7-20-19(21-12-9-13-23(8-2)28(6,24)25)22(3)15-16-10-11-17(26-4)14-18(16)27-5/h10-11,14H,7-9,12-13,15H2,1-6H3,(H,20,21). The second kappa shape index (κ2) is 11.8. The summed E-state index contributed by atoms with van der Waals surface area (Å²) >= 11 is 0. The van der Waals surface area contributed by atoms with Crippen LogP contribution in [0.25, 0.3) is 0 Å². The number of methoxy groups -OCH3 is 2. The highest BCUT2D eigenvalue weighted by molar-refractivity contribution is 7.88. The number of nitrogens with one attached hydrogen (secondary N) is 1. The first-order valence-electron chi connectivity index (χ1n) is 9.42. The van der Waals surface area contributed by atoms with Gasteiger partial charge in [0.2, 0.25) is 10.0 Å². The highest BCUT2D eigenvalue weighted by Crippen LogP contribution is 2.25. The van der Waals surface area contributed by atoms with Gasteiger partial charge in [-0.3, -0.25) is 4.99 Å². The summed E-state index contributed by atoms with van der Waals surface area (Å²) in [5.41, 5.74) is 1.02. The predicted molar refractivity (Wildman–Crippen MR) is 114 cm³/mol. The van der Waals surface area contributed by atoms with Crippen molar-refractivity contribution in [2.75, 3.05) is 53.7 Å².